The highest BCUT2D eigenvalue weighted by Crippen LogP contribution is 2.14. The maximum Gasteiger partial charge on any atom is 0.262 e. The Hall–Kier alpha value is -1.13. The maximum absolute atomic E-state index is 12.1. The highest BCUT2D eigenvalue weighted by molar-refractivity contribution is 7.71. The van der Waals surface area contributed by atoms with Crippen LogP contribution >= 0.6 is 23.8 Å². The van der Waals surface area contributed by atoms with Gasteiger partial charge in [0.15, 0.2) is 4.77 Å². The molecule has 1 heterocycles. The molecule has 2 rings (SSSR count). The number of aromatic amines is 1. The summed E-state index contributed by atoms with van der Waals surface area (Å²) in [6.45, 7) is 2.64. The molecule has 0 amide bonds. The van der Waals surface area contributed by atoms with Gasteiger partial charge < -0.3 is 4.98 Å². The molecule has 0 spiro atoms. The quantitative estimate of drug-likeness (QED) is 0.837. The molecule has 1 aromatic heterocycles. The first kappa shape index (κ1) is 11.4. The molecule has 0 aliphatic heterocycles. The Kier molecular flexibility index (Phi) is 3.12. The van der Waals surface area contributed by atoms with Gasteiger partial charge in [0.25, 0.3) is 5.56 Å². The summed E-state index contributed by atoms with van der Waals surface area (Å²) in [5.74, 6) is 0. The summed E-state index contributed by atoms with van der Waals surface area (Å²) in [5.41, 5.74) is 0.632. The maximum atomic E-state index is 12.1. The topological polar surface area (TPSA) is 37.8 Å². The van der Waals surface area contributed by atoms with Gasteiger partial charge in [-0.15, -0.1) is 0 Å². The van der Waals surface area contributed by atoms with Gasteiger partial charge in [-0.25, -0.2) is 0 Å². The number of hydrogen-bond donors (Lipinski definition) is 1. The van der Waals surface area contributed by atoms with E-state index in [2.05, 4.69) is 4.98 Å². The average molecular weight is 255 g/mol. The van der Waals surface area contributed by atoms with E-state index in [-0.39, 0.29) is 5.56 Å². The molecule has 2 aromatic rings. The van der Waals surface area contributed by atoms with Gasteiger partial charge in [0.1, 0.15) is 0 Å². The minimum absolute atomic E-state index is 0.0581. The van der Waals surface area contributed by atoms with E-state index in [0.29, 0.717) is 27.2 Å². The Morgan fingerprint density at radius 2 is 2.25 bits per heavy atom. The molecule has 3 nitrogen and oxygen atoms in total. The summed E-state index contributed by atoms with van der Waals surface area (Å²) < 4.78 is 2.02. The van der Waals surface area contributed by atoms with Crippen molar-refractivity contribution in [1.29, 1.82) is 0 Å². The van der Waals surface area contributed by atoms with E-state index in [1.807, 2.05) is 6.92 Å². The molecule has 0 atom stereocenters. The number of aromatic nitrogens is 2. The van der Waals surface area contributed by atoms with Crippen LogP contribution in [0.4, 0.5) is 0 Å². The molecule has 0 aliphatic rings. The van der Waals surface area contributed by atoms with Crippen molar-refractivity contribution in [3.05, 3.63) is 38.3 Å². The van der Waals surface area contributed by atoms with Crippen molar-refractivity contribution in [3.63, 3.8) is 0 Å². The number of halogens is 1. The first-order valence-corrected chi connectivity index (χ1v) is 5.84. The molecule has 1 N–H and O–H groups in total. The smallest absolute Gasteiger partial charge is 0.262 e. The lowest BCUT2D eigenvalue weighted by atomic mass is 10.2. The molecule has 0 radical (unpaired) electrons. The third-order valence-corrected chi connectivity index (χ3v) is 2.95. The Labute approximate surface area is 103 Å². The predicted molar refractivity (Wildman–Crippen MR) is 68.7 cm³/mol. The van der Waals surface area contributed by atoms with Gasteiger partial charge in [-0.05, 0) is 36.8 Å². The lowest BCUT2D eigenvalue weighted by Gasteiger charge is -2.06. The van der Waals surface area contributed by atoms with Crippen LogP contribution in [-0.2, 0) is 6.54 Å². The van der Waals surface area contributed by atoms with Gasteiger partial charge in [-0.1, -0.05) is 18.5 Å². The second kappa shape index (κ2) is 4.39. The van der Waals surface area contributed by atoms with E-state index in [9.17, 15) is 4.79 Å². The van der Waals surface area contributed by atoms with Gasteiger partial charge in [-0.2, -0.15) is 0 Å². The van der Waals surface area contributed by atoms with Crippen molar-refractivity contribution < 1.29 is 0 Å². The van der Waals surface area contributed by atoms with Crippen LogP contribution in [0.15, 0.2) is 23.0 Å². The molecule has 0 bridgehead atoms. The van der Waals surface area contributed by atoms with Crippen LogP contribution in [0.3, 0.4) is 0 Å². The number of fused-ring (bicyclic) bond motifs is 1. The van der Waals surface area contributed by atoms with Crippen LogP contribution in [0.5, 0.6) is 0 Å². The molecule has 0 saturated carbocycles. The monoisotopic (exact) mass is 254 g/mol. The first-order valence-electron chi connectivity index (χ1n) is 5.06. The number of rotatable bonds is 2. The second-order valence-electron chi connectivity index (χ2n) is 3.58. The fourth-order valence-corrected chi connectivity index (χ4v) is 2.11. The number of hydrogen-bond acceptors (Lipinski definition) is 2. The van der Waals surface area contributed by atoms with Crippen LogP contribution in [0.25, 0.3) is 10.9 Å². The number of nitrogens with zero attached hydrogens (tertiary/aromatic N) is 1. The van der Waals surface area contributed by atoms with Crippen molar-refractivity contribution in [3.8, 4) is 0 Å². The van der Waals surface area contributed by atoms with Crippen LogP contribution in [0.1, 0.15) is 13.3 Å². The van der Waals surface area contributed by atoms with Crippen molar-refractivity contribution >= 4 is 34.7 Å². The minimum atomic E-state index is -0.0581. The van der Waals surface area contributed by atoms with Crippen molar-refractivity contribution in [2.75, 3.05) is 0 Å². The summed E-state index contributed by atoms with van der Waals surface area (Å²) in [7, 11) is 0. The van der Waals surface area contributed by atoms with Gasteiger partial charge in [0, 0.05) is 11.6 Å². The lowest BCUT2D eigenvalue weighted by molar-refractivity contribution is 0.638. The SMILES string of the molecule is CCCn1c(=S)[nH]c2cc(Cl)ccc2c1=O. The lowest BCUT2D eigenvalue weighted by Crippen LogP contribution is -2.21. The number of benzene rings is 1. The van der Waals surface area contributed by atoms with Crippen LogP contribution in [0, 0.1) is 4.77 Å². The largest absolute Gasteiger partial charge is 0.332 e. The van der Waals surface area contributed by atoms with E-state index in [4.69, 9.17) is 23.8 Å². The van der Waals surface area contributed by atoms with Crippen molar-refractivity contribution in [2.24, 2.45) is 0 Å². The van der Waals surface area contributed by atoms with E-state index < -0.39 is 0 Å². The third-order valence-electron chi connectivity index (χ3n) is 2.39. The van der Waals surface area contributed by atoms with Crippen LogP contribution in [0.2, 0.25) is 5.02 Å². The van der Waals surface area contributed by atoms with Crippen molar-refractivity contribution in [1.82, 2.24) is 9.55 Å². The predicted octanol–water partition coefficient (Wildman–Crippen LogP) is 3.12. The van der Waals surface area contributed by atoms with E-state index in [1.54, 1.807) is 22.8 Å². The normalized spacial score (nSPS) is 10.9. The molecule has 5 heteroatoms. The van der Waals surface area contributed by atoms with E-state index >= 15 is 0 Å². The molecule has 0 saturated heterocycles. The summed E-state index contributed by atoms with van der Waals surface area (Å²) in [4.78, 5) is 15.1. The Balaban J connectivity index is 2.84. The molecule has 84 valence electrons. The number of nitrogens with one attached hydrogen (secondary N) is 1. The van der Waals surface area contributed by atoms with Gasteiger partial charge in [0.2, 0.25) is 0 Å². The second-order valence-corrected chi connectivity index (χ2v) is 4.40. The van der Waals surface area contributed by atoms with E-state index in [1.165, 1.54) is 0 Å². The summed E-state index contributed by atoms with van der Waals surface area (Å²) in [6, 6.07) is 5.14. The van der Waals surface area contributed by atoms with Crippen molar-refractivity contribution in [2.45, 2.75) is 19.9 Å². The van der Waals surface area contributed by atoms with Gasteiger partial charge in [0.05, 0.1) is 10.9 Å². The Morgan fingerprint density at radius 1 is 1.50 bits per heavy atom. The Morgan fingerprint density at radius 3 is 2.94 bits per heavy atom. The highest BCUT2D eigenvalue weighted by atomic mass is 35.5. The molecule has 0 unspecified atom stereocenters. The summed E-state index contributed by atoms with van der Waals surface area (Å²) in [5, 5.41) is 1.21. The minimum Gasteiger partial charge on any atom is -0.332 e. The molecule has 16 heavy (non-hydrogen) atoms. The fourth-order valence-electron chi connectivity index (χ4n) is 1.65. The third kappa shape index (κ3) is 1.90. The zero-order valence-electron chi connectivity index (χ0n) is 8.79. The zero-order chi connectivity index (χ0) is 11.7. The molecule has 0 aliphatic carbocycles. The Bertz CT molecular complexity index is 644. The van der Waals surface area contributed by atoms with Gasteiger partial charge >= 0.3 is 0 Å². The summed E-state index contributed by atoms with van der Waals surface area (Å²) in [6.07, 6.45) is 0.872. The fraction of sp³-hybridized carbons (Fsp3) is 0.273. The molecular weight excluding hydrogens is 244 g/mol. The average Bonchev–Trinajstić information content (AvgIpc) is 2.23. The molecule has 0 fully saturated rings. The van der Waals surface area contributed by atoms with E-state index in [0.717, 1.165) is 6.42 Å². The highest BCUT2D eigenvalue weighted by Gasteiger charge is 2.04. The number of H-pyrrole nitrogens is 1. The summed E-state index contributed by atoms with van der Waals surface area (Å²) >= 11 is 11.0. The van der Waals surface area contributed by atoms with Crippen LogP contribution in [-0.4, -0.2) is 9.55 Å². The van der Waals surface area contributed by atoms with Gasteiger partial charge in [-0.3, -0.25) is 9.36 Å². The van der Waals surface area contributed by atoms with Crippen LogP contribution < -0.4 is 5.56 Å². The molecule has 1 aromatic carbocycles. The zero-order valence-corrected chi connectivity index (χ0v) is 10.4. The standard InChI is InChI=1S/C11H11ClN2OS/c1-2-5-14-10(15)8-4-3-7(12)6-9(8)13-11(14)16/h3-4,6H,2,5H2,1H3,(H,13,16). The first-order chi connectivity index (χ1) is 7.63. The molecular formula is C11H11ClN2OS.